The zero-order valence-electron chi connectivity index (χ0n) is 11.2. The van der Waals surface area contributed by atoms with Crippen LogP contribution in [-0.2, 0) is 0 Å². The summed E-state index contributed by atoms with van der Waals surface area (Å²) in [5, 5.41) is 0.252. The van der Waals surface area contributed by atoms with Crippen molar-refractivity contribution >= 4 is 27.5 Å². The average molecular weight is 332 g/mol. The zero-order valence-corrected chi connectivity index (χ0v) is 13.5. The van der Waals surface area contributed by atoms with E-state index in [-0.39, 0.29) is 16.9 Å². The smallest absolute Gasteiger partial charge is 0.133 e. The third-order valence-electron chi connectivity index (χ3n) is 4.36. The molecule has 1 aromatic carbocycles. The summed E-state index contributed by atoms with van der Waals surface area (Å²) in [6.45, 7) is 6.49. The van der Waals surface area contributed by atoms with E-state index in [0.29, 0.717) is 0 Å². The van der Waals surface area contributed by atoms with Crippen LogP contribution in [0, 0.1) is 12.3 Å². The fraction of sp³-hybridized carbons (Fsp3) is 0.600. The van der Waals surface area contributed by atoms with Gasteiger partial charge in [0.25, 0.3) is 0 Å². The van der Waals surface area contributed by atoms with Gasteiger partial charge < -0.3 is 4.74 Å². The minimum atomic E-state index is 0.145. The van der Waals surface area contributed by atoms with Crippen molar-refractivity contribution in [2.75, 3.05) is 0 Å². The lowest BCUT2D eigenvalue weighted by Gasteiger charge is -2.52. The summed E-state index contributed by atoms with van der Waals surface area (Å²) in [6.07, 6.45) is 3.34. The second-order valence-electron chi connectivity index (χ2n) is 5.18. The molecule has 18 heavy (non-hydrogen) atoms. The van der Waals surface area contributed by atoms with E-state index in [1.165, 1.54) is 5.56 Å². The van der Waals surface area contributed by atoms with Gasteiger partial charge >= 0.3 is 0 Å². The van der Waals surface area contributed by atoms with Crippen LogP contribution < -0.4 is 4.74 Å². The number of hydrogen-bond acceptors (Lipinski definition) is 1. The monoisotopic (exact) mass is 330 g/mol. The highest BCUT2D eigenvalue weighted by atomic mass is 79.9. The van der Waals surface area contributed by atoms with Crippen molar-refractivity contribution in [3.05, 3.63) is 28.2 Å². The maximum absolute atomic E-state index is 6.41. The number of aryl methyl sites for hydroxylation is 1. The Morgan fingerprint density at radius 1 is 1.39 bits per heavy atom. The van der Waals surface area contributed by atoms with E-state index in [9.17, 15) is 0 Å². The molecule has 1 fully saturated rings. The van der Waals surface area contributed by atoms with Crippen molar-refractivity contribution < 1.29 is 4.74 Å². The molecule has 1 aromatic rings. The lowest BCUT2D eigenvalue weighted by Crippen LogP contribution is -2.56. The molecule has 0 N–H and O–H groups in total. The van der Waals surface area contributed by atoms with Crippen molar-refractivity contribution in [2.45, 2.75) is 51.5 Å². The molecule has 3 heteroatoms. The Morgan fingerprint density at radius 3 is 2.56 bits per heavy atom. The van der Waals surface area contributed by atoms with Gasteiger partial charge in [0.2, 0.25) is 0 Å². The summed E-state index contributed by atoms with van der Waals surface area (Å²) < 4.78 is 7.20. The van der Waals surface area contributed by atoms with Crippen molar-refractivity contribution in [3.63, 3.8) is 0 Å². The van der Waals surface area contributed by atoms with Gasteiger partial charge in [0.1, 0.15) is 11.9 Å². The number of benzene rings is 1. The first kappa shape index (κ1) is 14.2. The van der Waals surface area contributed by atoms with Crippen LogP contribution in [0.3, 0.4) is 0 Å². The van der Waals surface area contributed by atoms with Gasteiger partial charge in [0.05, 0.1) is 4.47 Å². The van der Waals surface area contributed by atoms with E-state index in [0.717, 1.165) is 29.5 Å². The predicted octanol–water partition coefficient (Wildman–Crippen LogP) is 5.32. The second-order valence-corrected chi connectivity index (χ2v) is 6.57. The van der Waals surface area contributed by atoms with Crippen LogP contribution in [0.15, 0.2) is 22.7 Å². The Kier molecular flexibility index (Phi) is 4.28. The van der Waals surface area contributed by atoms with Crippen LogP contribution in [-0.4, -0.2) is 11.5 Å². The molecule has 2 atom stereocenters. The summed E-state index contributed by atoms with van der Waals surface area (Å²) in [5.74, 6) is 0.931. The average Bonchev–Trinajstić information content (AvgIpc) is 2.33. The standard InChI is InChI=1S/C15H20BrClO/c1-4-15(5-2)13(17)9-14(15)18-12-7-6-10(3)8-11(12)16/h6-8,13-14H,4-5,9H2,1-3H3. The van der Waals surface area contributed by atoms with E-state index in [1.54, 1.807) is 0 Å². The van der Waals surface area contributed by atoms with Crippen LogP contribution in [0.1, 0.15) is 38.7 Å². The molecule has 0 spiro atoms. The number of hydrogen-bond donors (Lipinski definition) is 0. The maximum Gasteiger partial charge on any atom is 0.133 e. The summed E-state index contributed by atoms with van der Waals surface area (Å²) in [5.41, 5.74) is 1.38. The largest absolute Gasteiger partial charge is 0.489 e. The van der Waals surface area contributed by atoms with Crippen molar-refractivity contribution in [1.82, 2.24) is 0 Å². The molecule has 0 amide bonds. The van der Waals surface area contributed by atoms with Gasteiger partial charge in [0, 0.05) is 17.2 Å². The van der Waals surface area contributed by atoms with Gasteiger partial charge in [0.15, 0.2) is 0 Å². The first-order chi connectivity index (χ1) is 8.53. The van der Waals surface area contributed by atoms with E-state index < -0.39 is 0 Å². The Morgan fingerprint density at radius 2 is 2.06 bits per heavy atom. The van der Waals surface area contributed by atoms with Gasteiger partial charge in [-0.2, -0.15) is 0 Å². The fourth-order valence-electron chi connectivity index (χ4n) is 2.87. The van der Waals surface area contributed by atoms with Crippen molar-refractivity contribution in [2.24, 2.45) is 5.41 Å². The molecule has 1 nitrogen and oxygen atoms in total. The number of ether oxygens (including phenoxy) is 1. The molecule has 0 radical (unpaired) electrons. The van der Waals surface area contributed by atoms with Gasteiger partial charge in [-0.15, -0.1) is 11.6 Å². The Balaban J connectivity index is 2.15. The fourth-order valence-corrected chi connectivity index (χ4v) is 4.06. The molecule has 0 bridgehead atoms. The third-order valence-corrected chi connectivity index (χ3v) is 5.59. The van der Waals surface area contributed by atoms with Crippen molar-refractivity contribution in [3.8, 4) is 5.75 Å². The minimum Gasteiger partial charge on any atom is -0.489 e. The molecule has 0 aliphatic heterocycles. The SMILES string of the molecule is CCC1(CC)C(Cl)CC1Oc1ccc(C)cc1Br. The number of alkyl halides is 1. The van der Waals surface area contributed by atoms with Crippen LogP contribution in [0.25, 0.3) is 0 Å². The van der Waals surface area contributed by atoms with Crippen LogP contribution in [0.4, 0.5) is 0 Å². The Labute approximate surface area is 123 Å². The topological polar surface area (TPSA) is 9.23 Å². The highest BCUT2D eigenvalue weighted by molar-refractivity contribution is 9.10. The lowest BCUT2D eigenvalue weighted by atomic mass is 9.62. The van der Waals surface area contributed by atoms with Gasteiger partial charge in [-0.1, -0.05) is 19.9 Å². The summed E-state index contributed by atoms with van der Waals surface area (Å²) in [6, 6.07) is 6.21. The quantitative estimate of drug-likeness (QED) is 0.678. The zero-order chi connectivity index (χ0) is 13.3. The normalized spacial score (nSPS) is 25.6. The molecule has 100 valence electrons. The molecule has 2 rings (SSSR count). The molecular weight excluding hydrogens is 312 g/mol. The van der Waals surface area contributed by atoms with Gasteiger partial charge in [-0.25, -0.2) is 0 Å². The van der Waals surface area contributed by atoms with Crippen LogP contribution in [0.2, 0.25) is 0 Å². The Hall–Kier alpha value is -0.210. The third kappa shape index (κ3) is 2.30. The van der Waals surface area contributed by atoms with Crippen LogP contribution in [0.5, 0.6) is 5.75 Å². The summed E-state index contributed by atoms with van der Waals surface area (Å²) in [7, 11) is 0. The lowest BCUT2D eigenvalue weighted by molar-refractivity contribution is -0.0466. The molecule has 1 saturated carbocycles. The molecule has 0 aromatic heterocycles. The van der Waals surface area contributed by atoms with E-state index in [1.807, 2.05) is 6.07 Å². The highest BCUT2D eigenvalue weighted by Gasteiger charge is 2.53. The molecule has 2 unspecified atom stereocenters. The van der Waals surface area contributed by atoms with Gasteiger partial charge in [-0.05, 0) is 53.4 Å². The van der Waals surface area contributed by atoms with Crippen molar-refractivity contribution in [1.29, 1.82) is 0 Å². The Bertz CT molecular complexity index is 429. The first-order valence-corrected chi connectivity index (χ1v) is 7.83. The first-order valence-electron chi connectivity index (χ1n) is 6.60. The highest BCUT2D eigenvalue weighted by Crippen LogP contribution is 2.52. The maximum atomic E-state index is 6.41. The van der Waals surface area contributed by atoms with Gasteiger partial charge in [-0.3, -0.25) is 0 Å². The number of halogens is 2. The van der Waals surface area contributed by atoms with E-state index in [4.69, 9.17) is 16.3 Å². The molecule has 0 heterocycles. The molecule has 0 saturated heterocycles. The van der Waals surface area contributed by atoms with Crippen LogP contribution >= 0.6 is 27.5 Å². The predicted molar refractivity (Wildman–Crippen MR) is 80.6 cm³/mol. The molecule has 1 aliphatic carbocycles. The summed E-state index contributed by atoms with van der Waals surface area (Å²) >= 11 is 9.97. The van der Waals surface area contributed by atoms with E-state index >= 15 is 0 Å². The molecule has 1 aliphatic rings. The second kappa shape index (κ2) is 5.42. The minimum absolute atomic E-state index is 0.145. The summed E-state index contributed by atoms with van der Waals surface area (Å²) in [4.78, 5) is 0. The molecular formula is C15H20BrClO. The van der Waals surface area contributed by atoms with E-state index in [2.05, 4.69) is 48.8 Å². The number of rotatable bonds is 4.